The van der Waals surface area contributed by atoms with Crippen LogP contribution in [0.3, 0.4) is 0 Å². The van der Waals surface area contributed by atoms with Crippen LogP contribution < -0.4 is 20.1 Å². The average molecular weight is 416 g/mol. The van der Waals surface area contributed by atoms with E-state index in [0.29, 0.717) is 22.1 Å². The Morgan fingerprint density at radius 2 is 1.90 bits per heavy atom. The number of carbonyl (C=O) groups is 3. The number of nitrogens with zero attached hydrogens (tertiary/aromatic N) is 1. The maximum Gasteiger partial charge on any atom is 0.325 e. The molecular weight excluding hydrogens is 398 g/mol. The van der Waals surface area contributed by atoms with Gasteiger partial charge < -0.3 is 20.1 Å². The van der Waals surface area contributed by atoms with Gasteiger partial charge >= 0.3 is 6.03 Å². The predicted octanol–water partition coefficient (Wildman–Crippen LogP) is 2.15. The molecule has 1 saturated heterocycles. The Bertz CT molecular complexity index is 994. The van der Waals surface area contributed by atoms with Crippen molar-refractivity contribution in [1.82, 2.24) is 15.5 Å². The van der Waals surface area contributed by atoms with E-state index in [9.17, 15) is 14.4 Å². The van der Waals surface area contributed by atoms with E-state index in [-0.39, 0.29) is 19.9 Å². The molecular formula is C20H18ClN3O5. The number of hydrogen-bond acceptors (Lipinski definition) is 5. The molecule has 0 bridgehead atoms. The smallest absolute Gasteiger partial charge is 0.325 e. The highest BCUT2D eigenvalue weighted by molar-refractivity contribution is 6.30. The molecule has 0 aliphatic carbocycles. The second kappa shape index (κ2) is 7.29. The molecule has 2 aliphatic heterocycles. The molecule has 2 aliphatic rings. The third-order valence-electron chi connectivity index (χ3n) is 4.92. The minimum atomic E-state index is -1.25. The Kier molecular flexibility index (Phi) is 4.79. The maximum absolute atomic E-state index is 12.9. The van der Waals surface area contributed by atoms with Crippen LogP contribution >= 0.6 is 11.6 Å². The fraction of sp³-hybridized carbons (Fsp3) is 0.250. The van der Waals surface area contributed by atoms with Crippen molar-refractivity contribution in [2.45, 2.75) is 19.0 Å². The fourth-order valence-electron chi connectivity index (χ4n) is 3.27. The standard InChI is InChI=1S/C20H18ClN3O5/c1-20(13-3-5-14(21)6-4-13)18(26)24(19(27)23-20)10-17(25)22-9-12-2-7-15-16(8-12)29-11-28-15/h2-8H,9-11H2,1H3,(H,22,25)(H,23,27). The lowest BCUT2D eigenvalue weighted by Gasteiger charge is -2.22. The molecule has 0 saturated carbocycles. The van der Waals surface area contributed by atoms with Crippen LogP contribution in [0, 0.1) is 0 Å². The van der Waals surface area contributed by atoms with E-state index in [4.69, 9.17) is 21.1 Å². The van der Waals surface area contributed by atoms with Crippen LogP contribution in [0.25, 0.3) is 0 Å². The lowest BCUT2D eigenvalue weighted by molar-refractivity contribution is -0.134. The van der Waals surface area contributed by atoms with Crippen molar-refractivity contribution >= 4 is 29.4 Å². The Morgan fingerprint density at radius 1 is 1.17 bits per heavy atom. The molecule has 2 aromatic carbocycles. The van der Waals surface area contributed by atoms with Gasteiger partial charge in [0.25, 0.3) is 5.91 Å². The summed E-state index contributed by atoms with van der Waals surface area (Å²) < 4.78 is 10.6. The number of nitrogens with one attached hydrogen (secondary N) is 2. The van der Waals surface area contributed by atoms with Crippen molar-refractivity contribution in [3.8, 4) is 11.5 Å². The molecule has 2 N–H and O–H groups in total. The van der Waals surface area contributed by atoms with Gasteiger partial charge in [0, 0.05) is 11.6 Å². The third-order valence-corrected chi connectivity index (χ3v) is 5.18. The van der Waals surface area contributed by atoms with Crippen LogP contribution in [0.15, 0.2) is 42.5 Å². The van der Waals surface area contributed by atoms with E-state index in [1.54, 1.807) is 49.4 Å². The van der Waals surface area contributed by atoms with Gasteiger partial charge in [-0.25, -0.2) is 4.79 Å². The van der Waals surface area contributed by atoms with Gasteiger partial charge in [-0.2, -0.15) is 0 Å². The number of rotatable bonds is 5. The van der Waals surface area contributed by atoms with Gasteiger partial charge in [0.1, 0.15) is 12.1 Å². The van der Waals surface area contributed by atoms with Crippen molar-refractivity contribution in [2.24, 2.45) is 0 Å². The van der Waals surface area contributed by atoms with Crippen LogP contribution in [0.5, 0.6) is 11.5 Å². The second-order valence-electron chi connectivity index (χ2n) is 6.92. The summed E-state index contributed by atoms with van der Waals surface area (Å²) in [5.74, 6) is 0.319. The molecule has 29 heavy (non-hydrogen) atoms. The Labute approximate surface area is 171 Å². The van der Waals surface area contributed by atoms with Crippen molar-refractivity contribution in [3.63, 3.8) is 0 Å². The molecule has 150 valence electrons. The summed E-state index contributed by atoms with van der Waals surface area (Å²) >= 11 is 5.89. The summed E-state index contributed by atoms with van der Waals surface area (Å²) in [4.78, 5) is 38.4. The summed E-state index contributed by atoms with van der Waals surface area (Å²) in [5, 5.41) is 5.89. The monoisotopic (exact) mass is 415 g/mol. The second-order valence-corrected chi connectivity index (χ2v) is 7.35. The molecule has 1 atom stereocenters. The largest absolute Gasteiger partial charge is 0.454 e. The quantitative estimate of drug-likeness (QED) is 0.729. The van der Waals surface area contributed by atoms with Crippen LogP contribution in [0.1, 0.15) is 18.1 Å². The highest BCUT2D eigenvalue weighted by Crippen LogP contribution is 2.32. The maximum atomic E-state index is 12.9. The number of imide groups is 1. The van der Waals surface area contributed by atoms with Crippen LogP contribution in [-0.4, -0.2) is 36.1 Å². The topological polar surface area (TPSA) is 97.0 Å². The lowest BCUT2D eigenvalue weighted by Crippen LogP contribution is -2.43. The number of amides is 4. The Hall–Kier alpha value is -3.26. The molecule has 9 heteroatoms. The molecule has 0 radical (unpaired) electrons. The van der Waals surface area contributed by atoms with Gasteiger partial charge in [0.05, 0.1) is 0 Å². The normalized spacial score (nSPS) is 20.0. The Morgan fingerprint density at radius 3 is 2.66 bits per heavy atom. The SMILES string of the molecule is CC1(c2ccc(Cl)cc2)NC(=O)N(CC(=O)NCc2ccc3c(c2)OCO3)C1=O. The van der Waals surface area contributed by atoms with E-state index in [1.165, 1.54) is 0 Å². The fourth-order valence-corrected chi connectivity index (χ4v) is 3.40. The number of urea groups is 1. The van der Waals surface area contributed by atoms with E-state index < -0.39 is 23.4 Å². The first kappa shape index (κ1) is 19.1. The molecule has 0 spiro atoms. The average Bonchev–Trinajstić information content (AvgIpc) is 3.25. The summed E-state index contributed by atoms with van der Waals surface area (Å²) in [6.45, 7) is 1.62. The summed E-state index contributed by atoms with van der Waals surface area (Å²) in [7, 11) is 0. The van der Waals surface area contributed by atoms with E-state index in [2.05, 4.69) is 10.6 Å². The number of halogens is 1. The van der Waals surface area contributed by atoms with E-state index >= 15 is 0 Å². The Balaban J connectivity index is 1.39. The molecule has 4 rings (SSSR count). The molecule has 2 aromatic rings. The van der Waals surface area contributed by atoms with E-state index in [1.807, 2.05) is 0 Å². The number of hydrogen-bond donors (Lipinski definition) is 2. The highest BCUT2D eigenvalue weighted by Gasteiger charge is 2.49. The van der Waals surface area contributed by atoms with Gasteiger partial charge in [0.2, 0.25) is 12.7 Å². The zero-order valence-electron chi connectivity index (χ0n) is 15.5. The van der Waals surface area contributed by atoms with Crippen molar-refractivity contribution in [3.05, 3.63) is 58.6 Å². The molecule has 8 nitrogen and oxygen atoms in total. The van der Waals surface area contributed by atoms with Crippen molar-refractivity contribution in [2.75, 3.05) is 13.3 Å². The van der Waals surface area contributed by atoms with Gasteiger partial charge in [0.15, 0.2) is 11.5 Å². The predicted molar refractivity (Wildman–Crippen MR) is 103 cm³/mol. The van der Waals surface area contributed by atoms with Crippen LogP contribution in [0.2, 0.25) is 5.02 Å². The van der Waals surface area contributed by atoms with Gasteiger partial charge in [-0.1, -0.05) is 29.8 Å². The van der Waals surface area contributed by atoms with Crippen LogP contribution in [-0.2, 0) is 21.7 Å². The van der Waals surface area contributed by atoms with Crippen LogP contribution in [0.4, 0.5) is 4.79 Å². The summed E-state index contributed by atoms with van der Waals surface area (Å²) in [5.41, 5.74) is 0.147. The third kappa shape index (κ3) is 3.58. The van der Waals surface area contributed by atoms with Gasteiger partial charge in [-0.3, -0.25) is 14.5 Å². The minimum Gasteiger partial charge on any atom is -0.454 e. The van der Waals surface area contributed by atoms with E-state index in [0.717, 1.165) is 10.5 Å². The lowest BCUT2D eigenvalue weighted by atomic mass is 9.92. The number of ether oxygens (including phenoxy) is 2. The van der Waals surface area contributed by atoms with Crippen molar-refractivity contribution < 1.29 is 23.9 Å². The molecule has 4 amide bonds. The minimum absolute atomic E-state index is 0.170. The van der Waals surface area contributed by atoms with Crippen molar-refractivity contribution in [1.29, 1.82) is 0 Å². The zero-order chi connectivity index (χ0) is 20.6. The molecule has 1 unspecified atom stereocenters. The summed E-state index contributed by atoms with van der Waals surface area (Å²) in [6.07, 6.45) is 0. The first-order valence-electron chi connectivity index (χ1n) is 8.92. The number of benzene rings is 2. The molecule has 2 heterocycles. The first-order valence-corrected chi connectivity index (χ1v) is 9.30. The summed E-state index contributed by atoms with van der Waals surface area (Å²) in [6, 6.07) is 11.3. The van der Waals surface area contributed by atoms with Gasteiger partial charge in [-0.05, 0) is 42.3 Å². The first-order chi connectivity index (χ1) is 13.9. The molecule has 1 fully saturated rings. The van der Waals surface area contributed by atoms with Gasteiger partial charge in [-0.15, -0.1) is 0 Å². The molecule has 0 aromatic heterocycles. The highest BCUT2D eigenvalue weighted by atomic mass is 35.5. The zero-order valence-corrected chi connectivity index (χ0v) is 16.3. The number of carbonyl (C=O) groups excluding carboxylic acids is 3. The number of fused-ring (bicyclic) bond motifs is 1.